The highest BCUT2D eigenvalue weighted by Crippen LogP contribution is 2.36. The topological polar surface area (TPSA) is 46.1 Å². The van der Waals surface area contributed by atoms with Crippen LogP contribution in [0, 0.1) is 51.4 Å². The second kappa shape index (κ2) is 25.3. The first kappa shape index (κ1) is 37.4. The first-order chi connectivity index (χ1) is 20.2. The molecule has 0 radical (unpaired) electrons. The number of likely N-dealkylation sites (tertiary alicyclic amines) is 1. The summed E-state index contributed by atoms with van der Waals surface area (Å²) >= 11 is 0. The zero-order valence-electron chi connectivity index (χ0n) is 25.6. The van der Waals surface area contributed by atoms with Gasteiger partial charge in [0.05, 0.1) is 31.5 Å². The van der Waals surface area contributed by atoms with Crippen LogP contribution in [-0.2, 0) is 4.79 Å². The Morgan fingerprint density at radius 2 is 1.22 bits per heavy atom. The number of piperidine rings is 1. The predicted molar refractivity (Wildman–Crippen MR) is 174 cm³/mol. The number of carbonyl (C=O) groups is 1. The van der Waals surface area contributed by atoms with Crippen LogP contribution < -0.4 is 10.1 Å². The van der Waals surface area contributed by atoms with Gasteiger partial charge in [-0.15, -0.1) is 38.5 Å². The summed E-state index contributed by atoms with van der Waals surface area (Å²) in [5, 5.41) is 2.29. The van der Waals surface area contributed by atoms with E-state index in [0.29, 0.717) is 12.5 Å². The molecule has 1 aliphatic carbocycles. The number of quaternary nitrogens is 1. The van der Waals surface area contributed by atoms with E-state index in [9.17, 15) is 4.79 Å². The Bertz CT molecular complexity index is 917. The lowest BCUT2D eigenvalue weighted by molar-refractivity contribution is -0.638. The second-order valence-electron chi connectivity index (χ2n) is 10.1. The molecule has 1 amide bonds. The van der Waals surface area contributed by atoms with Gasteiger partial charge in [0.2, 0.25) is 5.91 Å². The average Bonchev–Trinajstić information content (AvgIpc) is 3.57. The van der Waals surface area contributed by atoms with Crippen molar-refractivity contribution < 1.29 is 14.8 Å². The zero-order valence-corrected chi connectivity index (χ0v) is 25.6. The number of carbonyl (C=O) groups excluding carboxylic acids is 1. The van der Waals surface area contributed by atoms with Gasteiger partial charge < -0.3 is 15.0 Å². The predicted octanol–water partition coefficient (Wildman–Crippen LogP) is 6.46. The maximum atomic E-state index is 13.0. The molecule has 2 atom stereocenters. The molecule has 1 saturated carbocycles. The van der Waals surface area contributed by atoms with Gasteiger partial charge in [0.25, 0.3) is 0 Å². The maximum Gasteiger partial charge on any atom is 0.232 e. The summed E-state index contributed by atoms with van der Waals surface area (Å²) in [4.78, 5) is 15.1. The minimum Gasteiger partial charge on any atom is -0.493 e. The number of benzene rings is 2. The normalized spacial score (nSPS) is 18.7. The minimum atomic E-state index is 0.0918. The molecule has 4 nitrogen and oxygen atoms in total. The molecule has 2 aromatic rings. The van der Waals surface area contributed by atoms with Crippen molar-refractivity contribution in [1.82, 2.24) is 4.90 Å². The number of nitrogens with two attached hydrogens (primary N) is 1. The number of aryl methyl sites for hydroxylation is 1. The summed E-state index contributed by atoms with van der Waals surface area (Å²) in [6.45, 7) is 8.54. The van der Waals surface area contributed by atoms with E-state index in [-0.39, 0.29) is 11.8 Å². The molecule has 5 rings (SSSR count). The minimum absolute atomic E-state index is 0.0918. The molecule has 1 unspecified atom stereocenters. The fraction of sp³-hybridized carbons (Fsp3) is 0.486. The lowest BCUT2D eigenvalue weighted by Crippen LogP contribution is -2.81. The second-order valence-corrected chi connectivity index (χ2v) is 10.1. The third kappa shape index (κ3) is 14.0. The van der Waals surface area contributed by atoms with Crippen molar-refractivity contribution in [2.75, 3.05) is 32.8 Å². The van der Waals surface area contributed by atoms with E-state index >= 15 is 0 Å². The standard InChI is InChI=1S/C19H28N2O2.C6H12.C6H6.3C2H2/c1-3-23-18-14(2)8-7-9-15(18)16-12-20-13-17(16)19(22)21-10-5-4-6-11-21;2*1-2-4-6-5-3-1;3*1-2/h7-9,16-17,20H,3-6,10-13H2,1-2H3;1-6H2;1-6H;3*1-2H/p+1/t16-,17?;;;;;/m0...../s1. The third-order valence-corrected chi connectivity index (χ3v) is 7.41. The van der Waals surface area contributed by atoms with Crippen LogP contribution in [0.2, 0.25) is 0 Å². The smallest absolute Gasteiger partial charge is 0.232 e. The van der Waals surface area contributed by atoms with Gasteiger partial charge in [0.15, 0.2) is 0 Å². The molecule has 0 spiro atoms. The van der Waals surface area contributed by atoms with Gasteiger partial charge in [0.1, 0.15) is 5.75 Å². The summed E-state index contributed by atoms with van der Waals surface area (Å²) < 4.78 is 5.91. The number of rotatable bonds is 4. The van der Waals surface area contributed by atoms with Crippen molar-refractivity contribution in [1.29, 1.82) is 0 Å². The summed E-state index contributed by atoms with van der Waals surface area (Å²) in [5.41, 5.74) is 2.39. The first-order valence-electron chi connectivity index (χ1n) is 15.0. The molecule has 4 heteroatoms. The van der Waals surface area contributed by atoms with Crippen molar-refractivity contribution in [3.8, 4) is 44.3 Å². The Morgan fingerprint density at radius 3 is 1.68 bits per heavy atom. The maximum absolute atomic E-state index is 13.0. The van der Waals surface area contributed by atoms with Gasteiger partial charge in [-0.1, -0.05) is 93.1 Å². The van der Waals surface area contributed by atoms with Crippen LogP contribution in [0.25, 0.3) is 0 Å². The van der Waals surface area contributed by atoms with Crippen molar-refractivity contribution in [3.05, 3.63) is 65.7 Å². The van der Waals surface area contributed by atoms with E-state index in [1.165, 1.54) is 56.1 Å². The summed E-state index contributed by atoms with van der Waals surface area (Å²) in [6, 6.07) is 18.3. The number of terminal acetylenes is 3. The van der Waals surface area contributed by atoms with Crippen molar-refractivity contribution in [3.63, 3.8) is 0 Å². The van der Waals surface area contributed by atoms with E-state index in [0.717, 1.165) is 44.8 Å². The molecule has 3 aliphatic rings. The number of hydrogen-bond acceptors (Lipinski definition) is 2. The van der Waals surface area contributed by atoms with Crippen molar-refractivity contribution in [2.45, 2.75) is 77.6 Å². The average molecular weight is 558 g/mol. The number of para-hydroxylation sites is 1. The van der Waals surface area contributed by atoms with E-state index in [4.69, 9.17) is 4.74 Å². The Balaban J connectivity index is 0.000000723. The van der Waals surface area contributed by atoms with Crippen LogP contribution in [-0.4, -0.2) is 43.6 Å². The molecule has 3 fully saturated rings. The fourth-order valence-electron chi connectivity index (χ4n) is 5.50. The molecule has 2 saturated heterocycles. The highest BCUT2D eigenvalue weighted by atomic mass is 16.5. The van der Waals surface area contributed by atoms with Gasteiger partial charge in [-0.2, -0.15) is 0 Å². The molecule has 2 aliphatic heterocycles. The van der Waals surface area contributed by atoms with Crippen molar-refractivity contribution >= 4 is 5.91 Å². The molecule has 2 N–H and O–H groups in total. The van der Waals surface area contributed by atoms with Gasteiger partial charge in [-0.05, 0) is 38.7 Å². The highest BCUT2D eigenvalue weighted by Gasteiger charge is 2.41. The molecule has 2 aromatic carbocycles. The highest BCUT2D eigenvalue weighted by molar-refractivity contribution is 5.80. The monoisotopic (exact) mass is 557 g/mol. The summed E-state index contributed by atoms with van der Waals surface area (Å²) in [7, 11) is 0. The number of amides is 1. The molecular formula is C37H53N2O2+. The van der Waals surface area contributed by atoms with Crippen LogP contribution in [0.3, 0.4) is 0 Å². The third-order valence-electron chi connectivity index (χ3n) is 7.41. The van der Waals surface area contributed by atoms with E-state index < -0.39 is 0 Å². The van der Waals surface area contributed by atoms with Crippen LogP contribution in [0.5, 0.6) is 5.75 Å². The molecular weight excluding hydrogens is 504 g/mol. The fourth-order valence-corrected chi connectivity index (χ4v) is 5.50. The van der Waals surface area contributed by atoms with Crippen LogP contribution in [0.15, 0.2) is 54.6 Å². The lowest BCUT2D eigenvalue weighted by Gasteiger charge is -2.30. The number of ether oxygens (including phenoxy) is 1. The molecule has 0 aromatic heterocycles. The van der Waals surface area contributed by atoms with E-state index in [2.05, 4.69) is 73.9 Å². The van der Waals surface area contributed by atoms with Crippen LogP contribution in [0.4, 0.5) is 0 Å². The van der Waals surface area contributed by atoms with Crippen molar-refractivity contribution in [2.24, 2.45) is 5.92 Å². The Hall–Kier alpha value is -3.65. The van der Waals surface area contributed by atoms with Gasteiger partial charge in [-0.3, -0.25) is 4.79 Å². The van der Waals surface area contributed by atoms with Gasteiger partial charge in [0, 0.05) is 18.7 Å². The lowest BCUT2D eigenvalue weighted by atomic mass is 9.86. The molecule has 2 heterocycles. The van der Waals surface area contributed by atoms with Gasteiger partial charge in [-0.25, -0.2) is 0 Å². The Morgan fingerprint density at radius 1 is 0.756 bits per heavy atom. The summed E-state index contributed by atoms with van der Waals surface area (Å²) in [5.74, 6) is 1.71. The quantitative estimate of drug-likeness (QED) is 0.439. The molecule has 222 valence electrons. The first-order valence-corrected chi connectivity index (χ1v) is 15.0. The van der Waals surface area contributed by atoms with E-state index in [1.54, 1.807) is 0 Å². The Labute approximate surface area is 251 Å². The number of hydrogen-bond donors (Lipinski definition) is 1. The number of nitrogens with zero attached hydrogens (tertiary/aromatic N) is 1. The Kier molecular flexibility index (Phi) is 23.1. The van der Waals surface area contributed by atoms with Gasteiger partial charge >= 0.3 is 0 Å². The largest absolute Gasteiger partial charge is 0.493 e. The van der Waals surface area contributed by atoms with E-state index in [1.807, 2.05) is 43.3 Å². The molecule has 41 heavy (non-hydrogen) atoms. The zero-order chi connectivity index (χ0) is 30.7. The SMILES string of the molecule is C#C.C#C.C#C.C1CCCCC1.CCOc1c(C)cccc1[C@@H]1C[NH2+]CC1C(=O)N1CCCCC1.c1ccccc1. The summed E-state index contributed by atoms with van der Waals surface area (Å²) in [6.07, 6.45) is 36.6. The molecule has 0 bridgehead atoms. The van der Waals surface area contributed by atoms with Crippen LogP contribution in [0.1, 0.15) is 81.8 Å². The van der Waals surface area contributed by atoms with Crippen LogP contribution >= 0.6 is 0 Å².